The maximum absolute atomic E-state index is 12.8. The highest BCUT2D eigenvalue weighted by molar-refractivity contribution is 8.05. The van der Waals surface area contributed by atoms with Crippen LogP contribution in [0, 0.1) is 0 Å². The van der Waals surface area contributed by atoms with E-state index in [1.807, 2.05) is 13.0 Å². The fourth-order valence-corrected chi connectivity index (χ4v) is 4.48. The number of nitrogens with one attached hydrogen (secondary N) is 1. The van der Waals surface area contributed by atoms with E-state index in [0.29, 0.717) is 24.3 Å². The van der Waals surface area contributed by atoms with Crippen LogP contribution >= 0.6 is 35.3 Å². The first-order valence-corrected chi connectivity index (χ1v) is 8.66. The molecule has 1 aliphatic rings. The summed E-state index contributed by atoms with van der Waals surface area (Å²) in [5.41, 5.74) is -0.774. The lowest BCUT2D eigenvalue weighted by Crippen LogP contribution is -2.25. The smallest absolute Gasteiger partial charge is 0.374 e. The van der Waals surface area contributed by atoms with E-state index in [-0.39, 0.29) is 9.92 Å². The molecule has 0 radical (unpaired) electrons. The topological polar surface area (TPSA) is 32.3 Å². The number of hydrogen-bond acceptors (Lipinski definition) is 4. The average Bonchev–Trinajstić information content (AvgIpc) is 2.95. The van der Waals surface area contributed by atoms with Crippen LogP contribution in [0.4, 0.5) is 13.2 Å². The van der Waals surface area contributed by atoms with Crippen molar-refractivity contribution in [2.24, 2.45) is 0 Å². The summed E-state index contributed by atoms with van der Waals surface area (Å²) in [6, 6.07) is 3.14. The molecule has 122 valence electrons. The van der Waals surface area contributed by atoms with Gasteiger partial charge in [0.15, 0.2) is 0 Å². The predicted molar refractivity (Wildman–Crippen MR) is 85.8 cm³/mol. The summed E-state index contributed by atoms with van der Waals surface area (Å²) in [6.07, 6.45) is -1.48. The molecular formula is C14H15ClF3NOS2. The summed E-state index contributed by atoms with van der Waals surface area (Å²) in [7, 11) is 0. The van der Waals surface area contributed by atoms with Gasteiger partial charge in [0.25, 0.3) is 0 Å². The van der Waals surface area contributed by atoms with E-state index in [4.69, 9.17) is 11.6 Å². The van der Waals surface area contributed by atoms with Gasteiger partial charge in [-0.15, -0.1) is 0 Å². The minimum absolute atomic E-state index is 0.198. The Morgan fingerprint density at radius 3 is 2.68 bits per heavy atom. The standard InChI is InChI=1S/C14H15ClF3NOS2/c1-2-6-13(20,12-5-7-19-22-12)21-11-8-9(14(16,17)18)3-4-10(11)15/h3-5,8,19-20H,2,6-7H2,1H3. The van der Waals surface area contributed by atoms with Crippen molar-refractivity contribution in [1.82, 2.24) is 4.72 Å². The van der Waals surface area contributed by atoms with Crippen LogP contribution in [0.25, 0.3) is 0 Å². The number of alkyl halides is 3. The molecule has 1 atom stereocenters. The van der Waals surface area contributed by atoms with Crippen molar-refractivity contribution in [2.45, 2.75) is 35.8 Å². The van der Waals surface area contributed by atoms with Crippen molar-refractivity contribution in [1.29, 1.82) is 0 Å². The normalized spacial score (nSPS) is 18.2. The van der Waals surface area contributed by atoms with Crippen LogP contribution in [0.3, 0.4) is 0 Å². The zero-order valence-corrected chi connectivity index (χ0v) is 14.1. The Kier molecular flexibility index (Phi) is 5.77. The Morgan fingerprint density at radius 1 is 1.41 bits per heavy atom. The van der Waals surface area contributed by atoms with E-state index >= 15 is 0 Å². The van der Waals surface area contributed by atoms with Gasteiger partial charge in [-0.25, -0.2) is 0 Å². The van der Waals surface area contributed by atoms with Crippen molar-refractivity contribution in [3.05, 3.63) is 39.8 Å². The molecule has 0 amide bonds. The van der Waals surface area contributed by atoms with E-state index in [2.05, 4.69) is 4.72 Å². The molecule has 2 rings (SSSR count). The molecule has 1 aromatic carbocycles. The van der Waals surface area contributed by atoms with Crippen LogP contribution in [0.2, 0.25) is 5.02 Å². The minimum Gasteiger partial charge on any atom is -0.374 e. The molecule has 0 spiro atoms. The van der Waals surface area contributed by atoms with Crippen LogP contribution < -0.4 is 4.72 Å². The lowest BCUT2D eigenvalue weighted by Gasteiger charge is -2.28. The number of hydrogen-bond donors (Lipinski definition) is 2. The third-order valence-electron chi connectivity index (χ3n) is 3.06. The lowest BCUT2D eigenvalue weighted by atomic mass is 10.2. The molecule has 2 nitrogen and oxygen atoms in total. The molecule has 0 aromatic heterocycles. The van der Waals surface area contributed by atoms with Gasteiger partial charge in [0.05, 0.1) is 10.6 Å². The van der Waals surface area contributed by atoms with Crippen molar-refractivity contribution in [3.8, 4) is 0 Å². The molecule has 2 N–H and O–H groups in total. The van der Waals surface area contributed by atoms with Gasteiger partial charge in [-0.2, -0.15) is 13.2 Å². The molecule has 0 saturated heterocycles. The van der Waals surface area contributed by atoms with Gasteiger partial charge >= 0.3 is 6.18 Å². The summed E-state index contributed by atoms with van der Waals surface area (Å²) in [6.45, 7) is 2.52. The van der Waals surface area contributed by atoms with Gasteiger partial charge in [-0.05, 0) is 36.6 Å². The van der Waals surface area contributed by atoms with E-state index < -0.39 is 16.7 Å². The second-order valence-corrected chi connectivity index (χ2v) is 7.46. The Balaban J connectivity index is 2.34. The molecule has 1 aliphatic heterocycles. The third-order valence-corrected chi connectivity index (χ3v) is 5.99. The molecule has 8 heteroatoms. The van der Waals surface area contributed by atoms with Crippen LogP contribution in [-0.2, 0) is 6.18 Å². The highest BCUT2D eigenvalue weighted by Crippen LogP contribution is 2.47. The maximum Gasteiger partial charge on any atom is 0.416 e. The second-order valence-electron chi connectivity index (χ2n) is 4.80. The van der Waals surface area contributed by atoms with Crippen LogP contribution in [0.1, 0.15) is 25.3 Å². The molecule has 0 bridgehead atoms. The van der Waals surface area contributed by atoms with Gasteiger partial charge in [0.2, 0.25) is 0 Å². The van der Waals surface area contributed by atoms with Crippen molar-refractivity contribution < 1.29 is 18.3 Å². The molecular weight excluding hydrogens is 355 g/mol. The second kappa shape index (κ2) is 7.05. The van der Waals surface area contributed by atoms with Crippen LogP contribution in [0.5, 0.6) is 0 Å². The summed E-state index contributed by atoms with van der Waals surface area (Å²) < 4.78 is 41.5. The summed E-state index contributed by atoms with van der Waals surface area (Å²) >= 11 is 8.28. The summed E-state index contributed by atoms with van der Waals surface area (Å²) in [5, 5.41) is 11.1. The Morgan fingerprint density at radius 2 is 2.14 bits per heavy atom. The maximum atomic E-state index is 12.8. The predicted octanol–water partition coefficient (Wildman–Crippen LogP) is 5.07. The zero-order chi connectivity index (χ0) is 16.4. The fourth-order valence-electron chi connectivity index (χ4n) is 2.04. The summed E-state index contributed by atoms with van der Waals surface area (Å²) in [5.74, 6) is 0. The van der Waals surface area contributed by atoms with Gasteiger partial charge in [-0.1, -0.05) is 42.8 Å². The van der Waals surface area contributed by atoms with Crippen LogP contribution in [0.15, 0.2) is 34.1 Å². The fraction of sp³-hybridized carbons (Fsp3) is 0.429. The molecule has 22 heavy (non-hydrogen) atoms. The molecule has 1 aromatic rings. The first-order chi connectivity index (χ1) is 10.3. The van der Waals surface area contributed by atoms with E-state index in [0.717, 1.165) is 23.9 Å². The van der Waals surface area contributed by atoms with Gasteiger partial charge in [0, 0.05) is 16.3 Å². The molecule has 1 unspecified atom stereocenters. The van der Waals surface area contributed by atoms with E-state index in [1.165, 1.54) is 18.0 Å². The monoisotopic (exact) mass is 369 g/mol. The molecule has 1 heterocycles. The molecule has 0 aliphatic carbocycles. The zero-order valence-electron chi connectivity index (χ0n) is 11.7. The molecule has 0 saturated carbocycles. The van der Waals surface area contributed by atoms with Crippen molar-refractivity contribution in [3.63, 3.8) is 0 Å². The highest BCUT2D eigenvalue weighted by atomic mass is 35.5. The first-order valence-electron chi connectivity index (χ1n) is 6.65. The number of halogens is 4. The molecule has 0 fully saturated rings. The van der Waals surface area contributed by atoms with Gasteiger partial charge in [-0.3, -0.25) is 4.72 Å². The number of benzene rings is 1. The van der Waals surface area contributed by atoms with Gasteiger partial charge < -0.3 is 5.11 Å². The average molecular weight is 370 g/mol. The quantitative estimate of drug-likeness (QED) is 0.431. The Bertz CT molecular complexity index is 580. The summed E-state index contributed by atoms with van der Waals surface area (Å²) in [4.78, 5) is -0.356. The van der Waals surface area contributed by atoms with E-state index in [9.17, 15) is 18.3 Å². The third kappa shape index (κ3) is 4.14. The van der Waals surface area contributed by atoms with Crippen molar-refractivity contribution >= 4 is 35.3 Å². The number of aliphatic hydroxyl groups is 1. The lowest BCUT2D eigenvalue weighted by molar-refractivity contribution is -0.137. The Hall–Kier alpha value is -0.340. The SMILES string of the molecule is CCCC(O)(Sc1cc(C(F)(F)F)ccc1Cl)C1=CCNS1. The van der Waals surface area contributed by atoms with Crippen molar-refractivity contribution in [2.75, 3.05) is 6.54 Å². The Labute approximate surface area is 140 Å². The first kappa shape index (κ1) is 18.0. The minimum atomic E-state index is -4.44. The number of thioether (sulfide) groups is 1. The van der Waals surface area contributed by atoms with Crippen LogP contribution in [-0.4, -0.2) is 16.6 Å². The largest absolute Gasteiger partial charge is 0.416 e. The number of rotatable bonds is 5. The highest BCUT2D eigenvalue weighted by Gasteiger charge is 2.36. The van der Waals surface area contributed by atoms with Gasteiger partial charge in [0.1, 0.15) is 4.93 Å². The van der Waals surface area contributed by atoms with E-state index in [1.54, 1.807) is 0 Å².